The van der Waals surface area contributed by atoms with Crippen LogP contribution in [0.1, 0.15) is 20.8 Å². The zero-order valence-electron chi connectivity index (χ0n) is 11.4. The number of nitro groups is 1. The number of hydrogen-bond acceptors (Lipinski definition) is 5. The Morgan fingerprint density at radius 3 is 2.55 bits per heavy atom. The Balaban J connectivity index is 2.11. The van der Waals surface area contributed by atoms with Crippen molar-refractivity contribution in [2.24, 2.45) is 0 Å². The van der Waals surface area contributed by atoms with Crippen LogP contribution in [-0.4, -0.2) is 44.4 Å². The Morgan fingerprint density at radius 2 is 2.15 bits per heavy atom. The lowest BCUT2D eigenvalue weighted by Gasteiger charge is -2.42. The number of ether oxygens (including phenoxy) is 1. The van der Waals surface area contributed by atoms with Gasteiger partial charge in [-0.2, -0.15) is 9.78 Å². The van der Waals surface area contributed by atoms with Crippen molar-refractivity contribution in [1.82, 2.24) is 14.7 Å². The van der Waals surface area contributed by atoms with E-state index in [9.17, 15) is 19.3 Å². The van der Waals surface area contributed by atoms with Crippen molar-refractivity contribution >= 4 is 6.09 Å². The third-order valence-electron chi connectivity index (χ3n) is 2.86. The van der Waals surface area contributed by atoms with Gasteiger partial charge in [0.1, 0.15) is 18.7 Å². The van der Waals surface area contributed by atoms with Crippen LogP contribution in [0.3, 0.4) is 0 Å². The van der Waals surface area contributed by atoms with E-state index in [1.807, 2.05) is 0 Å². The van der Waals surface area contributed by atoms with Crippen LogP contribution in [0.5, 0.6) is 0 Å². The topological polar surface area (TPSA) is 90.5 Å². The SMILES string of the molecule is CC(C)(C)OC(=O)N1CC(n2cc(F)cn2)([N+](=O)[O-])C1. The molecular weight excluding hydrogens is 271 g/mol. The van der Waals surface area contributed by atoms with Crippen LogP contribution in [0.15, 0.2) is 12.4 Å². The fourth-order valence-electron chi connectivity index (χ4n) is 1.89. The highest BCUT2D eigenvalue weighted by atomic mass is 19.1. The summed E-state index contributed by atoms with van der Waals surface area (Å²) in [5.41, 5.74) is -2.30. The van der Waals surface area contributed by atoms with Crippen LogP contribution in [0.2, 0.25) is 0 Å². The summed E-state index contributed by atoms with van der Waals surface area (Å²) in [4.78, 5) is 23.6. The maximum Gasteiger partial charge on any atom is 0.410 e. The minimum atomic E-state index is -1.62. The first kappa shape index (κ1) is 14.2. The second-order valence-corrected chi connectivity index (χ2v) is 5.68. The Hall–Kier alpha value is -2.19. The normalized spacial score (nSPS) is 17.5. The number of nitrogens with zero attached hydrogens (tertiary/aromatic N) is 4. The van der Waals surface area contributed by atoms with Gasteiger partial charge in [-0.25, -0.2) is 9.18 Å². The average Bonchev–Trinajstić information content (AvgIpc) is 2.60. The largest absolute Gasteiger partial charge is 0.444 e. The van der Waals surface area contributed by atoms with Crippen LogP contribution in [0.25, 0.3) is 0 Å². The van der Waals surface area contributed by atoms with Gasteiger partial charge in [0, 0.05) is 0 Å². The van der Waals surface area contributed by atoms with E-state index in [1.165, 1.54) is 4.90 Å². The molecule has 2 rings (SSSR count). The molecule has 1 aliphatic heterocycles. The smallest absolute Gasteiger partial charge is 0.410 e. The van der Waals surface area contributed by atoms with E-state index in [2.05, 4.69) is 5.10 Å². The highest BCUT2D eigenvalue weighted by Gasteiger charge is 2.59. The molecule has 0 unspecified atom stereocenters. The van der Waals surface area contributed by atoms with Gasteiger partial charge in [-0.3, -0.25) is 15.0 Å². The molecule has 0 spiro atoms. The summed E-state index contributed by atoms with van der Waals surface area (Å²) >= 11 is 0. The van der Waals surface area contributed by atoms with E-state index in [4.69, 9.17) is 4.74 Å². The molecule has 110 valence electrons. The predicted octanol–water partition coefficient (Wildman–Crippen LogP) is 1.20. The summed E-state index contributed by atoms with van der Waals surface area (Å²) in [6.07, 6.45) is 1.19. The fraction of sp³-hybridized carbons (Fsp3) is 0.636. The van der Waals surface area contributed by atoms with E-state index < -0.39 is 28.1 Å². The number of amides is 1. The molecule has 1 aliphatic rings. The molecule has 8 nitrogen and oxygen atoms in total. The predicted molar refractivity (Wildman–Crippen MR) is 65.0 cm³/mol. The minimum absolute atomic E-state index is 0.212. The third-order valence-corrected chi connectivity index (χ3v) is 2.86. The standard InChI is InChI=1S/C11H15FN4O4/c1-10(2,3)20-9(17)14-6-11(7-14,16(18)19)15-5-8(12)4-13-15/h4-5H,6-7H2,1-3H3. The molecule has 0 aromatic carbocycles. The monoisotopic (exact) mass is 286 g/mol. The Bertz CT molecular complexity index is 545. The molecule has 9 heteroatoms. The minimum Gasteiger partial charge on any atom is -0.444 e. The van der Waals surface area contributed by atoms with Crippen molar-refractivity contribution in [2.75, 3.05) is 13.1 Å². The van der Waals surface area contributed by atoms with E-state index in [1.54, 1.807) is 20.8 Å². The molecule has 1 fully saturated rings. The number of aromatic nitrogens is 2. The third kappa shape index (κ3) is 2.43. The Labute approximate surface area is 114 Å². The van der Waals surface area contributed by atoms with Crippen molar-refractivity contribution in [3.05, 3.63) is 28.3 Å². The van der Waals surface area contributed by atoms with Crippen LogP contribution in [0, 0.1) is 15.9 Å². The first-order valence-corrected chi connectivity index (χ1v) is 5.97. The Kier molecular flexibility index (Phi) is 3.15. The summed E-state index contributed by atoms with van der Waals surface area (Å²) in [7, 11) is 0. The van der Waals surface area contributed by atoms with Gasteiger partial charge in [0.2, 0.25) is 0 Å². The summed E-state index contributed by atoms with van der Waals surface area (Å²) in [5.74, 6) is -0.665. The van der Waals surface area contributed by atoms with E-state index in [0.717, 1.165) is 17.1 Å². The van der Waals surface area contributed by atoms with Gasteiger partial charge in [-0.1, -0.05) is 0 Å². The van der Waals surface area contributed by atoms with E-state index >= 15 is 0 Å². The van der Waals surface area contributed by atoms with Crippen LogP contribution >= 0.6 is 0 Å². The van der Waals surface area contributed by atoms with Crippen molar-refractivity contribution in [1.29, 1.82) is 0 Å². The summed E-state index contributed by atoms with van der Waals surface area (Å²) in [6.45, 7) is 4.68. The molecule has 0 atom stereocenters. The lowest BCUT2D eigenvalue weighted by molar-refractivity contribution is -0.621. The first-order valence-electron chi connectivity index (χ1n) is 5.97. The molecule has 2 heterocycles. The first-order chi connectivity index (χ1) is 9.14. The number of rotatable bonds is 2. The molecule has 0 aliphatic carbocycles. The van der Waals surface area contributed by atoms with Crippen molar-refractivity contribution in [3.8, 4) is 0 Å². The number of halogens is 1. The summed E-state index contributed by atoms with van der Waals surface area (Å²) in [5, 5.41) is 14.8. The van der Waals surface area contributed by atoms with Crippen LogP contribution < -0.4 is 0 Å². The lowest BCUT2D eigenvalue weighted by Crippen LogP contribution is -2.68. The van der Waals surface area contributed by atoms with Crippen molar-refractivity contribution in [2.45, 2.75) is 32.0 Å². The molecule has 1 amide bonds. The number of hydrogen-bond donors (Lipinski definition) is 0. The molecule has 1 aromatic heterocycles. The summed E-state index contributed by atoms with van der Waals surface area (Å²) in [6, 6.07) is 0. The lowest BCUT2D eigenvalue weighted by atomic mass is 10.0. The van der Waals surface area contributed by atoms with Gasteiger partial charge in [0.05, 0.1) is 17.3 Å². The zero-order chi connectivity index (χ0) is 15.1. The molecule has 0 radical (unpaired) electrons. The summed E-state index contributed by atoms with van der Waals surface area (Å²) < 4.78 is 19.0. The van der Waals surface area contributed by atoms with Crippen LogP contribution in [-0.2, 0) is 10.4 Å². The van der Waals surface area contributed by atoms with E-state index in [-0.39, 0.29) is 13.1 Å². The average molecular weight is 286 g/mol. The fourth-order valence-corrected chi connectivity index (χ4v) is 1.89. The van der Waals surface area contributed by atoms with Gasteiger partial charge in [0.15, 0.2) is 5.82 Å². The molecular formula is C11H15FN4O4. The van der Waals surface area contributed by atoms with Gasteiger partial charge in [-0.05, 0) is 20.8 Å². The highest BCUT2D eigenvalue weighted by Crippen LogP contribution is 2.30. The second kappa shape index (κ2) is 4.43. The van der Waals surface area contributed by atoms with Gasteiger partial charge < -0.3 is 4.74 Å². The second-order valence-electron chi connectivity index (χ2n) is 5.68. The van der Waals surface area contributed by atoms with Gasteiger partial charge >= 0.3 is 11.8 Å². The molecule has 0 N–H and O–H groups in total. The number of likely N-dealkylation sites (tertiary alicyclic amines) is 1. The number of carbonyl (C=O) groups excluding carboxylic acids is 1. The van der Waals surface area contributed by atoms with Crippen LogP contribution in [0.4, 0.5) is 9.18 Å². The van der Waals surface area contributed by atoms with E-state index in [0.29, 0.717) is 0 Å². The molecule has 1 saturated heterocycles. The number of carbonyl (C=O) groups is 1. The molecule has 1 aromatic rings. The highest BCUT2D eigenvalue weighted by molar-refractivity contribution is 5.69. The van der Waals surface area contributed by atoms with Gasteiger partial charge in [-0.15, -0.1) is 0 Å². The maximum atomic E-state index is 12.9. The van der Waals surface area contributed by atoms with Gasteiger partial charge in [0.25, 0.3) is 0 Å². The van der Waals surface area contributed by atoms with Crippen molar-refractivity contribution in [3.63, 3.8) is 0 Å². The maximum absolute atomic E-state index is 12.9. The molecule has 0 saturated carbocycles. The molecule has 0 bridgehead atoms. The quantitative estimate of drug-likeness (QED) is 0.602. The molecule has 20 heavy (non-hydrogen) atoms. The Morgan fingerprint density at radius 1 is 1.55 bits per heavy atom. The van der Waals surface area contributed by atoms with Crippen molar-refractivity contribution < 1.29 is 18.8 Å². The zero-order valence-corrected chi connectivity index (χ0v) is 11.4.